The van der Waals surface area contributed by atoms with E-state index >= 15 is 0 Å². The molecular formula is C21H26N4O2. The monoisotopic (exact) mass is 366 g/mol. The number of hydrogen-bond donors (Lipinski definition) is 0. The fourth-order valence-corrected chi connectivity index (χ4v) is 5.60. The summed E-state index contributed by atoms with van der Waals surface area (Å²) < 4.78 is 4.62. The third-order valence-electron chi connectivity index (χ3n) is 6.70. The van der Waals surface area contributed by atoms with Crippen molar-refractivity contribution in [2.75, 3.05) is 19.6 Å². The number of aromatic nitrogens is 2. The van der Waals surface area contributed by atoms with E-state index in [0.29, 0.717) is 29.6 Å². The summed E-state index contributed by atoms with van der Waals surface area (Å²) in [5.41, 5.74) is 1.77. The van der Waals surface area contributed by atoms with Crippen LogP contribution in [0.1, 0.15) is 41.7 Å². The summed E-state index contributed by atoms with van der Waals surface area (Å²) in [6.45, 7) is 2.77. The Labute approximate surface area is 159 Å². The van der Waals surface area contributed by atoms with E-state index in [1.54, 1.807) is 0 Å². The zero-order valence-corrected chi connectivity index (χ0v) is 15.5. The molecule has 0 unspecified atom stereocenters. The number of hydrogen-bond acceptors (Lipinski definition) is 5. The van der Waals surface area contributed by atoms with Crippen molar-refractivity contribution < 1.29 is 9.42 Å². The molecular weight excluding hydrogens is 340 g/mol. The molecule has 3 saturated heterocycles. The first-order valence-corrected chi connectivity index (χ1v) is 10.1. The van der Waals surface area contributed by atoms with Gasteiger partial charge in [0.1, 0.15) is 6.20 Å². The van der Waals surface area contributed by atoms with Gasteiger partial charge in [-0.3, -0.25) is 9.69 Å². The second-order valence-corrected chi connectivity index (χ2v) is 8.40. The van der Waals surface area contributed by atoms with Crippen molar-refractivity contribution in [1.29, 1.82) is 0 Å². The zero-order valence-electron chi connectivity index (χ0n) is 15.5. The lowest BCUT2D eigenvalue weighted by Crippen LogP contribution is -2.62. The van der Waals surface area contributed by atoms with Crippen molar-refractivity contribution in [2.24, 2.45) is 11.8 Å². The van der Waals surface area contributed by atoms with Crippen LogP contribution in [0.15, 0.2) is 41.2 Å². The highest BCUT2D eigenvalue weighted by Crippen LogP contribution is 2.40. The third-order valence-corrected chi connectivity index (χ3v) is 6.70. The van der Waals surface area contributed by atoms with E-state index < -0.39 is 0 Å². The number of rotatable bonds is 3. The van der Waals surface area contributed by atoms with Gasteiger partial charge in [-0.25, -0.2) is 4.63 Å². The first-order valence-electron chi connectivity index (χ1n) is 10.1. The first-order chi connectivity index (χ1) is 13.3. The van der Waals surface area contributed by atoms with Crippen LogP contribution in [0.25, 0.3) is 0 Å². The summed E-state index contributed by atoms with van der Waals surface area (Å²) in [6.07, 6.45) is 7.66. The van der Waals surface area contributed by atoms with E-state index in [4.69, 9.17) is 0 Å². The van der Waals surface area contributed by atoms with Gasteiger partial charge in [-0.1, -0.05) is 41.9 Å². The van der Waals surface area contributed by atoms with Crippen LogP contribution >= 0.6 is 0 Å². The Morgan fingerprint density at radius 2 is 2.04 bits per heavy atom. The predicted molar refractivity (Wildman–Crippen MR) is 100 cm³/mol. The van der Waals surface area contributed by atoms with E-state index in [1.165, 1.54) is 37.4 Å². The highest BCUT2D eigenvalue weighted by Gasteiger charge is 2.45. The lowest BCUT2D eigenvalue weighted by Gasteiger charge is -2.55. The molecule has 6 nitrogen and oxygen atoms in total. The molecule has 142 valence electrons. The van der Waals surface area contributed by atoms with Crippen molar-refractivity contribution >= 4 is 5.91 Å². The summed E-state index contributed by atoms with van der Waals surface area (Å²) in [7, 11) is 0. The number of fused-ring (bicyclic) bond motifs is 4. The number of likely N-dealkylation sites (tertiary alicyclic amines) is 1. The van der Waals surface area contributed by atoms with Gasteiger partial charge in [0.25, 0.3) is 5.91 Å². The van der Waals surface area contributed by atoms with Crippen LogP contribution in [0.5, 0.6) is 0 Å². The molecule has 4 heterocycles. The zero-order chi connectivity index (χ0) is 18.2. The molecule has 4 atom stereocenters. The molecule has 5 rings (SSSR count). The van der Waals surface area contributed by atoms with Gasteiger partial charge in [0, 0.05) is 31.7 Å². The summed E-state index contributed by atoms with van der Waals surface area (Å²) in [4.78, 5) is 17.5. The summed E-state index contributed by atoms with van der Waals surface area (Å²) in [5, 5.41) is 7.32. The SMILES string of the molecule is O=C(c1cnon1)N1C[C@@H]2C[C@H](C1)[C@@H]1CCC[C@H](Cc3ccccc3)N1C2. The lowest BCUT2D eigenvalue weighted by atomic mass is 9.74. The second kappa shape index (κ2) is 7.08. The van der Waals surface area contributed by atoms with E-state index in [0.717, 1.165) is 26.1 Å². The molecule has 1 aromatic heterocycles. The molecule has 1 aromatic carbocycles. The maximum Gasteiger partial charge on any atom is 0.277 e. The molecule has 3 aliphatic rings. The molecule has 0 N–H and O–H groups in total. The standard InChI is InChI=1S/C21H26N4O2/c26-21(19-11-22-27-23-19)24-12-16-9-17(14-24)20-8-4-7-18(25(20)13-16)10-15-5-2-1-3-6-15/h1-3,5-6,11,16-18,20H,4,7-10,12-14H2/t16-,17+,18+,20-/m0/s1. The Morgan fingerprint density at radius 1 is 1.15 bits per heavy atom. The average molecular weight is 366 g/mol. The Morgan fingerprint density at radius 3 is 2.85 bits per heavy atom. The number of carbonyl (C=O) groups excluding carboxylic acids is 1. The molecule has 0 radical (unpaired) electrons. The highest BCUT2D eigenvalue weighted by molar-refractivity contribution is 5.91. The maximum absolute atomic E-state index is 12.7. The molecule has 2 aromatic rings. The summed E-state index contributed by atoms with van der Waals surface area (Å²) in [5.74, 6) is 1.09. The van der Waals surface area contributed by atoms with Gasteiger partial charge < -0.3 is 4.90 Å². The van der Waals surface area contributed by atoms with Crippen LogP contribution in [0.3, 0.4) is 0 Å². The Bertz CT molecular complexity index is 779. The van der Waals surface area contributed by atoms with Crippen LogP contribution in [0.2, 0.25) is 0 Å². The molecule has 0 aliphatic carbocycles. The van der Waals surface area contributed by atoms with Crippen LogP contribution in [0, 0.1) is 11.8 Å². The predicted octanol–water partition coefficient (Wildman–Crippen LogP) is 2.63. The number of piperidine rings is 3. The highest BCUT2D eigenvalue weighted by atomic mass is 16.6. The molecule has 1 amide bonds. The van der Waals surface area contributed by atoms with Gasteiger partial charge in [0.05, 0.1) is 0 Å². The van der Waals surface area contributed by atoms with Crippen molar-refractivity contribution in [2.45, 2.75) is 44.2 Å². The smallest absolute Gasteiger partial charge is 0.277 e. The summed E-state index contributed by atoms with van der Waals surface area (Å²) >= 11 is 0. The van der Waals surface area contributed by atoms with Crippen LogP contribution in [0.4, 0.5) is 0 Å². The van der Waals surface area contributed by atoms with E-state index in [1.807, 2.05) is 4.90 Å². The summed E-state index contributed by atoms with van der Waals surface area (Å²) in [6, 6.07) is 12.1. The maximum atomic E-state index is 12.7. The van der Waals surface area contributed by atoms with Gasteiger partial charge >= 0.3 is 0 Å². The van der Waals surface area contributed by atoms with E-state index in [-0.39, 0.29) is 5.91 Å². The van der Waals surface area contributed by atoms with Gasteiger partial charge in [-0.05, 0) is 48.2 Å². The minimum Gasteiger partial charge on any atom is -0.336 e. The van der Waals surface area contributed by atoms with Gasteiger partial charge in [-0.15, -0.1) is 0 Å². The van der Waals surface area contributed by atoms with E-state index in [2.05, 4.69) is 50.2 Å². The molecule has 6 heteroatoms. The Balaban J connectivity index is 1.31. The lowest BCUT2D eigenvalue weighted by molar-refractivity contribution is -0.0500. The average Bonchev–Trinajstić information content (AvgIpc) is 3.23. The van der Waals surface area contributed by atoms with E-state index in [9.17, 15) is 4.79 Å². The van der Waals surface area contributed by atoms with Crippen LogP contribution in [-0.2, 0) is 6.42 Å². The molecule has 27 heavy (non-hydrogen) atoms. The molecule has 3 fully saturated rings. The quantitative estimate of drug-likeness (QED) is 0.836. The van der Waals surface area contributed by atoms with Crippen molar-refractivity contribution in [3.05, 3.63) is 47.8 Å². The molecule has 2 bridgehead atoms. The minimum absolute atomic E-state index is 0.0314. The minimum atomic E-state index is -0.0314. The van der Waals surface area contributed by atoms with Crippen molar-refractivity contribution in [1.82, 2.24) is 20.1 Å². The molecule has 0 saturated carbocycles. The number of benzene rings is 1. The normalized spacial score (nSPS) is 30.7. The number of nitrogens with zero attached hydrogens (tertiary/aromatic N) is 4. The van der Waals surface area contributed by atoms with Crippen LogP contribution < -0.4 is 0 Å². The fraction of sp³-hybridized carbons (Fsp3) is 0.571. The third kappa shape index (κ3) is 3.27. The number of carbonyl (C=O) groups is 1. The van der Waals surface area contributed by atoms with Gasteiger partial charge in [-0.2, -0.15) is 0 Å². The largest absolute Gasteiger partial charge is 0.336 e. The Hall–Kier alpha value is -2.21. The molecule has 3 aliphatic heterocycles. The first kappa shape index (κ1) is 16.9. The second-order valence-electron chi connectivity index (χ2n) is 8.40. The van der Waals surface area contributed by atoms with Gasteiger partial charge in [0.2, 0.25) is 0 Å². The van der Waals surface area contributed by atoms with Crippen LogP contribution in [-0.4, -0.2) is 57.7 Å². The molecule has 0 spiro atoms. The number of amides is 1. The van der Waals surface area contributed by atoms with Crippen molar-refractivity contribution in [3.63, 3.8) is 0 Å². The fourth-order valence-electron chi connectivity index (χ4n) is 5.60. The topological polar surface area (TPSA) is 62.5 Å². The van der Waals surface area contributed by atoms with Gasteiger partial charge in [0.15, 0.2) is 5.69 Å². The van der Waals surface area contributed by atoms with Crippen molar-refractivity contribution in [3.8, 4) is 0 Å². The Kier molecular flexibility index (Phi) is 4.44.